The second kappa shape index (κ2) is 5.61. The van der Waals surface area contributed by atoms with Crippen LogP contribution in [0, 0.1) is 5.41 Å². The standard InChI is InChI=1S/C17H18O6/c1-10(11-4-5-12-13(8-11)21-7-6-20-12)15(18)23-14-16(19)22-9-17(14,2)3/h4-8,10,14H,9H2,1-3H3/t10-,14+/m0/s1. The van der Waals surface area contributed by atoms with E-state index in [0.717, 1.165) is 5.56 Å². The highest BCUT2D eigenvalue weighted by Crippen LogP contribution is 2.35. The van der Waals surface area contributed by atoms with Crippen LogP contribution in [0.25, 0.3) is 0 Å². The van der Waals surface area contributed by atoms with E-state index in [1.165, 1.54) is 12.5 Å². The molecule has 0 radical (unpaired) electrons. The fourth-order valence-corrected chi connectivity index (χ4v) is 2.48. The Balaban J connectivity index is 1.74. The predicted octanol–water partition coefficient (Wildman–Crippen LogP) is 2.53. The number of hydrogen-bond acceptors (Lipinski definition) is 6. The minimum Gasteiger partial charge on any atom is -0.462 e. The van der Waals surface area contributed by atoms with Gasteiger partial charge in [-0.2, -0.15) is 0 Å². The second-order valence-corrected chi connectivity index (χ2v) is 6.35. The van der Waals surface area contributed by atoms with Crippen LogP contribution in [-0.4, -0.2) is 24.6 Å². The quantitative estimate of drug-likeness (QED) is 0.798. The normalized spacial score (nSPS) is 22.4. The first kappa shape index (κ1) is 15.4. The molecule has 3 rings (SSSR count). The summed E-state index contributed by atoms with van der Waals surface area (Å²) >= 11 is 0. The van der Waals surface area contributed by atoms with Crippen molar-refractivity contribution >= 4 is 11.9 Å². The molecule has 0 aromatic heterocycles. The van der Waals surface area contributed by atoms with Crippen molar-refractivity contribution in [2.24, 2.45) is 5.41 Å². The SMILES string of the molecule is C[C@H](C(=O)O[C@@H]1C(=O)OCC1(C)C)c1ccc2c(c1)OC=CO2. The summed E-state index contributed by atoms with van der Waals surface area (Å²) in [5.74, 6) is -0.404. The van der Waals surface area contributed by atoms with Gasteiger partial charge in [-0.3, -0.25) is 4.79 Å². The second-order valence-electron chi connectivity index (χ2n) is 6.35. The van der Waals surface area contributed by atoms with E-state index in [0.29, 0.717) is 11.5 Å². The summed E-state index contributed by atoms with van der Waals surface area (Å²) in [5.41, 5.74) is 0.196. The van der Waals surface area contributed by atoms with Gasteiger partial charge in [0.25, 0.3) is 0 Å². The number of cyclic esters (lactones) is 1. The zero-order valence-corrected chi connectivity index (χ0v) is 13.2. The molecule has 6 heteroatoms. The molecule has 122 valence electrons. The number of esters is 2. The molecule has 2 heterocycles. The van der Waals surface area contributed by atoms with E-state index in [-0.39, 0.29) is 6.61 Å². The van der Waals surface area contributed by atoms with Crippen LogP contribution in [0.5, 0.6) is 11.5 Å². The number of carbonyl (C=O) groups excluding carboxylic acids is 2. The molecule has 23 heavy (non-hydrogen) atoms. The molecule has 1 fully saturated rings. The molecule has 6 nitrogen and oxygen atoms in total. The van der Waals surface area contributed by atoms with Gasteiger partial charge in [-0.15, -0.1) is 0 Å². The van der Waals surface area contributed by atoms with Gasteiger partial charge in [0.2, 0.25) is 6.10 Å². The van der Waals surface area contributed by atoms with Crippen LogP contribution in [0.4, 0.5) is 0 Å². The van der Waals surface area contributed by atoms with Gasteiger partial charge in [-0.05, 0) is 24.6 Å². The third-order valence-corrected chi connectivity index (χ3v) is 4.01. The van der Waals surface area contributed by atoms with E-state index in [1.54, 1.807) is 25.1 Å². The van der Waals surface area contributed by atoms with Crippen LogP contribution in [0.15, 0.2) is 30.7 Å². The van der Waals surface area contributed by atoms with Crippen LogP contribution in [0.1, 0.15) is 32.3 Å². The summed E-state index contributed by atoms with van der Waals surface area (Å²) in [6, 6.07) is 5.22. The van der Waals surface area contributed by atoms with Gasteiger partial charge in [0.1, 0.15) is 19.1 Å². The Morgan fingerprint density at radius 2 is 1.96 bits per heavy atom. The van der Waals surface area contributed by atoms with Crippen LogP contribution >= 0.6 is 0 Å². The molecule has 2 aliphatic heterocycles. The molecule has 0 N–H and O–H groups in total. The Labute approximate surface area is 134 Å². The summed E-state index contributed by atoms with van der Waals surface area (Å²) in [7, 11) is 0. The smallest absolute Gasteiger partial charge is 0.348 e. The third kappa shape index (κ3) is 2.88. The highest BCUT2D eigenvalue weighted by Gasteiger charge is 2.47. The minimum atomic E-state index is -0.877. The average molecular weight is 318 g/mol. The molecule has 0 aliphatic carbocycles. The zero-order valence-electron chi connectivity index (χ0n) is 13.2. The van der Waals surface area contributed by atoms with Gasteiger partial charge in [0.05, 0.1) is 5.92 Å². The number of ether oxygens (including phenoxy) is 4. The van der Waals surface area contributed by atoms with E-state index >= 15 is 0 Å². The van der Waals surface area contributed by atoms with E-state index in [4.69, 9.17) is 18.9 Å². The maximum absolute atomic E-state index is 12.4. The molecule has 0 unspecified atom stereocenters. The van der Waals surface area contributed by atoms with Crippen molar-refractivity contribution < 1.29 is 28.5 Å². The summed E-state index contributed by atoms with van der Waals surface area (Å²) in [6.45, 7) is 5.62. The Morgan fingerprint density at radius 1 is 1.26 bits per heavy atom. The van der Waals surface area contributed by atoms with Crippen molar-refractivity contribution in [3.63, 3.8) is 0 Å². The first-order valence-electron chi connectivity index (χ1n) is 7.38. The number of benzene rings is 1. The summed E-state index contributed by atoms with van der Waals surface area (Å²) in [6.07, 6.45) is 1.98. The van der Waals surface area contributed by atoms with Crippen molar-refractivity contribution in [2.45, 2.75) is 32.8 Å². The van der Waals surface area contributed by atoms with Crippen LogP contribution < -0.4 is 9.47 Å². The lowest BCUT2D eigenvalue weighted by Gasteiger charge is -2.23. The molecule has 1 aromatic rings. The molecular weight excluding hydrogens is 300 g/mol. The van der Waals surface area contributed by atoms with Crippen LogP contribution in [0.3, 0.4) is 0 Å². The Morgan fingerprint density at radius 3 is 2.61 bits per heavy atom. The molecule has 0 spiro atoms. The maximum Gasteiger partial charge on any atom is 0.348 e. The van der Waals surface area contributed by atoms with E-state index in [2.05, 4.69) is 0 Å². The fourth-order valence-electron chi connectivity index (χ4n) is 2.48. The van der Waals surface area contributed by atoms with Gasteiger partial charge < -0.3 is 18.9 Å². The number of rotatable bonds is 3. The Bertz CT molecular complexity index is 676. The molecular formula is C17H18O6. The van der Waals surface area contributed by atoms with Gasteiger partial charge >= 0.3 is 11.9 Å². The molecule has 1 saturated heterocycles. The number of fused-ring (bicyclic) bond motifs is 1. The first-order valence-corrected chi connectivity index (χ1v) is 7.38. The van der Waals surface area contributed by atoms with Crippen LogP contribution in [-0.2, 0) is 19.1 Å². The lowest BCUT2D eigenvalue weighted by Crippen LogP contribution is -2.36. The van der Waals surface area contributed by atoms with Gasteiger partial charge in [0, 0.05) is 5.41 Å². The highest BCUT2D eigenvalue weighted by atomic mass is 16.6. The molecule has 0 bridgehead atoms. The zero-order chi connectivity index (χ0) is 16.6. The van der Waals surface area contributed by atoms with Gasteiger partial charge in [0.15, 0.2) is 11.5 Å². The van der Waals surface area contributed by atoms with E-state index < -0.39 is 29.4 Å². The van der Waals surface area contributed by atoms with Crippen molar-refractivity contribution in [3.05, 3.63) is 36.3 Å². The third-order valence-electron chi connectivity index (χ3n) is 4.01. The van der Waals surface area contributed by atoms with Crippen LogP contribution in [0.2, 0.25) is 0 Å². The lowest BCUT2D eigenvalue weighted by molar-refractivity contribution is -0.164. The molecule has 2 aliphatic rings. The number of hydrogen-bond donors (Lipinski definition) is 0. The van der Waals surface area contributed by atoms with Crippen molar-refractivity contribution in [1.82, 2.24) is 0 Å². The van der Waals surface area contributed by atoms with Gasteiger partial charge in [-0.25, -0.2) is 4.79 Å². The number of carbonyl (C=O) groups is 2. The van der Waals surface area contributed by atoms with Gasteiger partial charge in [-0.1, -0.05) is 19.9 Å². The Kier molecular flexibility index (Phi) is 3.75. The van der Waals surface area contributed by atoms with Crippen molar-refractivity contribution in [1.29, 1.82) is 0 Å². The Hall–Kier alpha value is -2.50. The molecule has 0 saturated carbocycles. The predicted molar refractivity (Wildman–Crippen MR) is 79.9 cm³/mol. The largest absolute Gasteiger partial charge is 0.462 e. The van der Waals surface area contributed by atoms with Crippen molar-refractivity contribution in [3.8, 4) is 11.5 Å². The first-order chi connectivity index (χ1) is 10.9. The van der Waals surface area contributed by atoms with Crippen molar-refractivity contribution in [2.75, 3.05) is 6.61 Å². The summed E-state index contributed by atoms with van der Waals surface area (Å²) in [4.78, 5) is 24.1. The minimum absolute atomic E-state index is 0.245. The topological polar surface area (TPSA) is 71.1 Å². The fraction of sp³-hybridized carbons (Fsp3) is 0.412. The van der Waals surface area contributed by atoms with E-state index in [9.17, 15) is 9.59 Å². The lowest BCUT2D eigenvalue weighted by atomic mass is 9.89. The van der Waals surface area contributed by atoms with E-state index in [1.807, 2.05) is 13.8 Å². The molecule has 1 aromatic carbocycles. The monoisotopic (exact) mass is 318 g/mol. The highest BCUT2D eigenvalue weighted by molar-refractivity contribution is 5.84. The maximum atomic E-state index is 12.4. The molecule has 2 atom stereocenters. The molecule has 0 amide bonds. The summed E-state index contributed by atoms with van der Waals surface area (Å²) < 4.78 is 21.0. The summed E-state index contributed by atoms with van der Waals surface area (Å²) in [5, 5.41) is 0. The average Bonchev–Trinajstić information content (AvgIpc) is 2.80.